The van der Waals surface area contributed by atoms with Crippen LogP contribution >= 0.6 is 0 Å². The van der Waals surface area contributed by atoms with Crippen LogP contribution in [0.25, 0.3) is 0 Å². The number of aromatic nitrogens is 3. The highest BCUT2D eigenvalue weighted by molar-refractivity contribution is 5.78. The number of carbonyl (C=O) groups excluding carboxylic acids is 1. The molecule has 2 saturated carbocycles. The molecule has 0 aromatic carbocycles. The van der Waals surface area contributed by atoms with Gasteiger partial charge in [-0.25, -0.2) is 4.98 Å². The van der Waals surface area contributed by atoms with E-state index in [0.717, 1.165) is 18.7 Å². The van der Waals surface area contributed by atoms with Crippen molar-refractivity contribution in [3.8, 4) is 0 Å². The van der Waals surface area contributed by atoms with E-state index in [1.807, 2.05) is 0 Å². The Balaban J connectivity index is 1.57. The molecule has 5 heteroatoms. The summed E-state index contributed by atoms with van der Waals surface area (Å²) in [6.07, 6.45) is 4.94. The second-order valence-electron chi connectivity index (χ2n) is 4.43. The molecule has 5 nitrogen and oxygen atoms in total. The number of amides is 1. The van der Waals surface area contributed by atoms with E-state index < -0.39 is 0 Å². The topological polar surface area (TPSA) is 70.7 Å². The SMILES string of the molecule is O=C(Cc1nc(C2CC2)n[nH]1)NC1CC1. The van der Waals surface area contributed by atoms with Gasteiger partial charge in [0.2, 0.25) is 5.91 Å². The molecule has 1 heterocycles. The Kier molecular flexibility index (Phi) is 1.97. The summed E-state index contributed by atoms with van der Waals surface area (Å²) in [5.41, 5.74) is 0. The predicted octanol–water partition coefficient (Wildman–Crippen LogP) is 0.503. The lowest BCUT2D eigenvalue weighted by molar-refractivity contribution is -0.120. The first-order valence-corrected chi connectivity index (χ1v) is 5.52. The Labute approximate surface area is 87.7 Å². The molecule has 2 N–H and O–H groups in total. The summed E-state index contributed by atoms with van der Waals surface area (Å²) >= 11 is 0. The smallest absolute Gasteiger partial charge is 0.227 e. The van der Waals surface area contributed by atoms with Gasteiger partial charge in [0.1, 0.15) is 5.82 Å². The third-order valence-corrected chi connectivity index (χ3v) is 2.76. The third-order valence-electron chi connectivity index (χ3n) is 2.76. The van der Waals surface area contributed by atoms with Crippen molar-refractivity contribution in [3.63, 3.8) is 0 Å². The summed E-state index contributed by atoms with van der Waals surface area (Å²) in [7, 11) is 0. The molecule has 2 aliphatic carbocycles. The molecule has 1 aromatic heterocycles. The van der Waals surface area contributed by atoms with Crippen molar-refractivity contribution in [2.24, 2.45) is 0 Å². The summed E-state index contributed by atoms with van der Waals surface area (Å²) in [6, 6.07) is 0.420. The van der Waals surface area contributed by atoms with Crippen molar-refractivity contribution >= 4 is 5.91 Å². The zero-order valence-electron chi connectivity index (χ0n) is 8.49. The molecule has 0 bridgehead atoms. The van der Waals surface area contributed by atoms with Crippen molar-refractivity contribution in [2.45, 2.75) is 44.1 Å². The fourth-order valence-corrected chi connectivity index (χ4v) is 1.57. The number of carbonyl (C=O) groups is 1. The Morgan fingerprint density at radius 2 is 2.20 bits per heavy atom. The summed E-state index contributed by atoms with van der Waals surface area (Å²) < 4.78 is 0. The molecule has 15 heavy (non-hydrogen) atoms. The lowest BCUT2D eigenvalue weighted by Crippen LogP contribution is -2.27. The maximum atomic E-state index is 11.5. The molecular formula is C10H14N4O. The van der Waals surface area contributed by atoms with Gasteiger partial charge >= 0.3 is 0 Å². The first kappa shape index (κ1) is 8.88. The van der Waals surface area contributed by atoms with Gasteiger partial charge in [-0.15, -0.1) is 0 Å². The first-order valence-electron chi connectivity index (χ1n) is 5.52. The molecule has 2 aliphatic rings. The summed E-state index contributed by atoms with van der Waals surface area (Å²) in [4.78, 5) is 15.8. The van der Waals surface area contributed by atoms with E-state index in [4.69, 9.17) is 0 Å². The van der Waals surface area contributed by atoms with E-state index in [2.05, 4.69) is 20.5 Å². The average Bonchev–Trinajstić information content (AvgIpc) is 3.09. The van der Waals surface area contributed by atoms with E-state index in [1.54, 1.807) is 0 Å². The fraction of sp³-hybridized carbons (Fsp3) is 0.700. The second kappa shape index (κ2) is 3.32. The lowest BCUT2D eigenvalue weighted by atomic mass is 10.3. The van der Waals surface area contributed by atoms with Gasteiger partial charge in [0.05, 0.1) is 6.42 Å². The quantitative estimate of drug-likeness (QED) is 0.753. The van der Waals surface area contributed by atoms with Gasteiger partial charge in [0.15, 0.2) is 5.82 Å². The average molecular weight is 206 g/mol. The van der Waals surface area contributed by atoms with Crippen LogP contribution in [0.4, 0.5) is 0 Å². The van der Waals surface area contributed by atoms with Crippen LogP contribution in [0.2, 0.25) is 0 Å². The van der Waals surface area contributed by atoms with Crippen LogP contribution in [0.15, 0.2) is 0 Å². The maximum Gasteiger partial charge on any atom is 0.227 e. The van der Waals surface area contributed by atoms with Gasteiger partial charge < -0.3 is 5.32 Å². The molecule has 0 radical (unpaired) electrons. The van der Waals surface area contributed by atoms with E-state index in [1.165, 1.54) is 12.8 Å². The minimum atomic E-state index is 0.0518. The van der Waals surface area contributed by atoms with E-state index in [-0.39, 0.29) is 5.91 Å². The van der Waals surface area contributed by atoms with Crippen LogP contribution in [-0.2, 0) is 11.2 Å². The molecule has 0 atom stereocenters. The minimum Gasteiger partial charge on any atom is -0.353 e. The van der Waals surface area contributed by atoms with Gasteiger partial charge in [-0.05, 0) is 25.7 Å². The van der Waals surface area contributed by atoms with Crippen LogP contribution in [0, 0.1) is 0 Å². The van der Waals surface area contributed by atoms with Crippen molar-refractivity contribution in [3.05, 3.63) is 11.6 Å². The van der Waals surface area contributed by atoms with Gasteiger partial charge in [0, 0.05) is 12.0 Å². The highest BCUT2D eigenvalue weighted by Gasteiger charge is 2.28. The molecule has 2 fully saturated rings. The molecule has 0 spiro atoms. The Morgan fingerprint density at radius 3 is 2.87 bits per heavy atom. The highest BCUT2D eigenvalue weighted by Crippen LogP contribution is 2.37. The van der Waals surface area contributed by atoms with Crippen LogP contribution in [-0.4, -0.2) is 27.1 Å². The van der Waals surface area contributed by atoms with E-state index in [0.29, 0.717) is 24.2 Å². The van der Waals surface area contributed by atoms with Gasteiger partial charge in [0.25, 0.3) is 0 Å². The number of nitrogens with zero attached hydrogens (tertiary/aromatic N) is 2. The van der Waals surface area contributed by atoms with Crippen molar-refractivity contribution in [2.75, 3.05) is 0 Å². The minimum absolute atomic E-state index is 0.0518. The maximum absolute atomic E-state index is 11.5. The highest BCUT2D eigenvalue weighted by atomic mass is 16.1. The van der Waals surface area contributed by atoms with Crippen LogP contribution in [0.3, 0.4) is 0 Å². The normalized spacial score (nSPS) is 20.3. The van der Waals surface area contributed by atoms with Crippen molar-refractivity contribution in [1.82, 2.24) is 20.5 Å². The van der Waals surface area contributed by atoms with Gasteiger partial charge in [-0.1, -0.05) is 0 Å². The zero-order valence-corrected chi connectivity index (χ0v) is 8.49. The molecule has 1 aromatic rings. The van der Waals surface area contributed by atoms with Crippen LogP contribution < -0.4 is 5.32 Å². The molecule has 0 aliphatic heterocycles. The number of nitrogens with one attached hydrogen (secondary N) is 2. The molecule has 0 unspecified atom stereocenters. The summed E-state index contributed by atoms with van der Waals surface area (Å²) in [5.74, 6) is 2.16. The summed E-state index contributed by atoms with van der Waals surface area (Å²) in [5, 5.41) is 9.87. The van der Waals surface area contributed by atoms with Crippen LogP contribution in [0.5, 0.6) is 0 Å². The predicted molar refractivity (Wildman–Crippen MR) is 53.2 cm³/mol. The number of hydrogen-bond donors (Lipinski definition) is 2. The van der Waals surface area contributed by atoms with E-state index >= 15 is 0 Å². The van der Waals surface area contributed by atoms with Gasteiger partial charge in [-0.3, -0.25) is 9.89 Å². The first-order chi connectivity index (χ1) is 7.31. The van der Waals surface area contributed by atoms with Crippen LogP contribution in [0.1, 0.15) is 43.3 Å². The number of rotatable bonds is 4. The second-order valence-corrected chi connectivity index (χ2v) is 4.43. The fourth-order valence-electron chi connectivity index (χ4n) is 1.57. The molecule has 1 amide bonds. The Hall–Kier alpha value is -1.39. The Morgan fingerprint density at radius 1 is 1.40 bits per heavy atom. The zero-order chi connectivity index (χ0) is 10.3. The lowest BCUT2D eigenvalue weighted by Gasteiger charge is -1.99. The number of hydrogen-bond acceptors (Lipinski definition) is 3. The molecule has 3 rings (SSSR count). The third kappa shape index (κ3) is 2.16. The van der Waals surface area contributed by atoms with Crippen molar-refractivity contribution < 1.29 is 4.79 Å². The monoisotopic (exact) mass is 206 g/mol. The van der Waals surface area contributed by atoms with Gasteiger partial charge in [-0.2, -0.15) is 5.10 Å². The number of H-pyrrole nitrogens is 1. The standard InChI is InChI=1S/C10H14N4O/c15-9(11-7-3-4-7)5-8-12-10(14-13-8)6-1-2-6/h6-7H,1-5H2,(H,11,15)(H,12,13,14). The number of aromatic amines is 1. The molecular weight excluding hydrogens is 192 g/mol. The largest absolute Gasteiger partial charge is 0.353 e. The molecule has 80 valence electrons. The summed E-state index contributed by atoms with van der Waals surface area (Å²) in [6.45, 7) is 0. The molecule has 0 saturated heterocycles. The van der Waals surface area contributed by atoms with Crippen molar-refractivity contribution in [1.29, 1.82) is 0 Å². The Bertz CT molecular complexity index is 379. The van der Waals surface area contributed by atoms with E-state index in [9.17, 15) is 4.79 Å².